The van der Waals surface area contributed by atoms with Crippen LogP contribution in [0.4, 0.5) is 10.5 Å². The van der Waals surface area contributed by atoms with Gasteiger partial charge in [-0.05, 0) is 43.7 Å². The third-order valence-electron chi connectivity index (χ3n) is 5.48. The van der Waals surface area contributed by atoms with E-state index in [-0.39, 0.29) is 0 Å². The predicted octanol–water partition coefficient (Wildman–Crippen LogP) is 4.71. The summed E-state index contributed by atoms with van der Waals surface area (Å²) in [4.78, 5) is 13.5. The molecule has 0 aliphatic rings. The zero-order valence-corrected chi connectivity index (χ0v) is 17.2. The second-order valence-corrected chi connectivity index (χ2v) is 7.41. The van der Waals surface area contributed by atoms with Crippen molar-refractivity contribution in [3.63, 3.8) is 0 Å². The quantitative estimate of drug-likeness (QED) is 0.588. The molecule has 0 bridgehead atoms. The van der Waals surface area contributed by atoms with Crippen LogP contribution in [-0.2, 0) is 6.42 Å². The molecular formula is C22H31ClN3O+. The second-order valence-electron chi connectivity index (χ2n) is 6.98. The number of primary amides is 1. The van der Waals surface area contributed by atoms with Crippen molar-refractivity contribution < 1.29 is 9.28 Å². The van der Waals surface area contributed by atoms with Crippen LogP contribution >= 0.6 is 11.6 Å². The smallest absolute Gasteiger partial charge is 0.319 e. The Morgan fingerprint density at radius 3 is 2.19 bits per heavy atom. The minimum atomic E-state index is -0.395. The van der Waals surface area contributed by atoms with Crippen molar-refractivity contribution in [3.05, 3.63) is 65.2 Å². The third kappa shape index (κ3) is 6.26. The number of urea groups is 1. The highest BCUT2D eigenvalue weighted by Gasteiger charge is 2.23. The highest BCUT2D eigenvalue weighted by Crippen LogP contribution is 2.17. The fraction of sp³-hybridized carbons (Fsp3) is 0.409. The Balaban J connectivity index is 1.95. The summed E-state index contributed by atoms with van der Waals surface area (Å²) in [5.41, 5.74) is 7.77. The summed E-state index contributed by atoms with van der Waals surface area (Å²) in [7, 11) is 0. The van der Waals surface area contributed by atoms with Gasteiger partial charge in [0, 0.05) is 30.1 Å². The molecule has 0 fully saturated rings. The fourth-order valence-electron chi connectivity index (χ4n) is 3.52. The first-order chi connectivity index (χ1) is 13.0. The van der Waals surface area contributed by atoms with Gasteiger partial charge in [-0.25, -0.2) is 4.79 Å². The average molecular weight is 389 g/mol. The number of anilines is 1. The van der Waals surface area contributed by atoms with Crippen LogP contribution in [0, 0.1) is 0 Å². The van der Waals surface area contributed by atoms with E-state index in [0.717, 1.165) is 54.2 Å². The van der Waals surface area contributed by atoms with Crippen molar-refractivity contribution in [2.75, 3.05) is 37.6 Å². The molecule has 0 heterocycles. The highest BCUT2D eigenvalue weighted by atomic mass is 35.5. The molecule has 2 aromatic carbocycles. The molecule has 0 aromatic heterocycles. The average Bonchev–Trinajstić information content (AvgIpc) is 2.69. The number of hydrogen-bond acceptors (Lipinski definition) is 1. The molecule has 0 saturated heterocycles. The van der Waals surface area contributed by atoms with Crippen LogP contribution in [0.3, 0.4) is 0 Å². The maximum atomic E-state index is 11.9. The normalized spacial score (nSPS) is 11.4. The number of amides is 2. The van der Waals surface area contributed by atoms with E-state index in [1.807, 2.05) is 42.5 Å². The Morgan fingerprint density at radius 1 is 1.00 bits per heavy atom. The van der Waals surface area contributed by atoms with Gasteiger partial charge < -0.3 is 10.2 Å². The zero-order chi connectivity index (χ0) is 19.7. The molecule has 0 unspecified atom stereocenters. The van der Waals surface area contributed by atoms with E-state index in [4.69, 9.17) is 17.3 Å². The van der Waals surface area contributed by atoms with Gasteiger partial charge in [-0.2, -0.15) is 0 Å². The van der Waals surface area contributed by atoms with Gasteiger partial charge >= 0.3 is 6.03 Å². The van der Waals surface area contributed by atoms with E-state index in [1.165, 1.54) is 5.56 Å². The first kappa shape index (κ1) is 21.3. The number of para-hydroxylation sites is 1. The lowest BCUT2D eigenvalue weighted by atomic mass is 10.1. The largest absolute Gasteiger partial charge is 0.351 e. The number of nitrogens with zero attached hydrogens (tertiary/aromatic N) is 2. The van der Waals surface area contributed by atoms with Gasteiger partial charge in [-0.3, -0.25) is 4.90 Å². The number of halogens is 1. The molecule has 27 heavy (non-hydrogen) atoms. The van der Waals surface area contributed by atoms with Crippen molar-refractivity contribution >= 4 is 23.3 Å². The maximum Gasteiger partial charge on any atom is 0.319 e. The number of carbonyl (C=O) groups is 1. The molecule has 0 aliphatic heterocycles. The lowest BCUT2D eigenvalue weighted by Gasteiger charge is -2.37. The van der Waals surface area contributed by atoms with Crippen molar-refractivity contribution in [2.24, 2.45) is 5.73 Å². The van der Waals surface area contributed by atoms with Gasteiger partial charge in [-0.15, -0.1) is 0 Å². The zero-order valence-electron chi connectivity index (χ0n) is 16.4. The number of likely N-dealkylation sites (N-methyl/N-ethyl adjacent to an activating group) is 1. The summed E-state index contributed by atoms with van der Waals surface area (Å²) in [6.07, 6.45) is 1.94. The summed E-state index contributed by atoms with van der Waals surface area (Å²) in [6, 6.07) is 17.4. The molecule has 2 amide bonds. The number of hydrogen-bond donors (Lipinski definition) is 1. The number of benzene rings is 2. The van der Waals surface area contributed by atoms with Crippen LogP contribution in [0.2, 0.25) is 5.02 Å². The number of rotatable bonds is 10. The molecule has 4 nitrogen and oxygen atoms in total. The minimum absolute atomic E-state index is 0.395. The molecular weight excluding hydrogens is 358 g/mol. The highest BCUT2D eigenvalue weighted by molar-refractivity contribution is 6.30. The summed E-state index contributed by atoms with van der Waals surface area (Å²) in [6.45, 7) is 9.38. The lowest BCUT2D eigenvalue weighted by Crippen LogP contribution is -2.50. The summed E-state index contributed by atoms with van der Waals surface area (Å²) >= 11 is 5.98. The molecule has 0 saturated carbocycles. The monoisotopic (exact) mass is 388 g/mol. The minimum Gasteiger partial charge on any atom is -0.351 e. The van der Waals surface area contributed by atoms with E-state index in [9.17, 15) is 4.79 Å². The van der Waals surface area contributed by atoms with Crippen LogP contribution in [0.15, 0.2) is 54.6 Å². The van der Waals surface area contributed by atoms with Crippen molar-refractivity contribution in [2.45, 2.75) is 26.7 Å². The Labute approximate surface area is 168 Å². The summed E-state index contributed by atoms with van der Waals surface area (Å²) < 4.78 is 1.03. The van der Waals surface area contributed by atoms with Gasteiger partial charge in [0.2, 0.25) is 0 Å². The first-order valence-corrected chi connectivity index (χ1v) is 10.1. The molecule has 5 heteroatoms. The topological polar surface area (TPSA) is 46.3 Å². The van der Waals surface area contributed by atoms with Gasteiger partial charge in [-0.1, -0.05) is 41.9 Å². The van der Waals surface area contributed by atoms with E-state index in [2.05, 4.69) is 26.0 Å². The van der Waals surface area contributed by atoms with Crippen molar-refractivity contribution in [3.8, 4) is 0 Å². The van der Waals surface area contributed by atoms with Crippen LogP contribution < -0.4 is 10.6 Å². The van der Waals surface area contributed by atoms with Crippen molar-refractivity contribution in [1.82, 2.24) is 0 Å². The maximum absolute atomic E-state index is 11.9. The Bertz CT molecular complexity index is 699. The van der Waals surface area contributed by atoms with Crippen LogP contribution in [0.25, 0.3) is 0 Å². The van der Waals surface area contributed by atoms with Crippen LogP contribution in [0.1, 0.15) is 25.8 Å². The van der Waals surface area contributed by atoms with Crippen molar-refractivity contribution in [1.29, 1.82) is 0 Å². The number of carbonyl (C=O) groups excluding carboxylic acids is 1. The summed E-state index contributed by atoms with van der Waals surface area (Å²) in [5, 5.41) is 0.776. The molecule has 146 valence electrons. The van der Waals surface area contributed by atoms with Gasteiger partial charge in [0.1, 0.15) is 0 Å². The van der Waals surface area contributed by atoms with Gasteiger partial charge in [0.15, 0.2) is 0 Å². The molecule has 2 rings (SSSR count). The number of nitrogens with two attached hydrogens (primary N) is 1. The standard InChI is InChI=1S/C22H30ClN3O/c1-3-26(4-2,18-15-19-11-13-20(23)14-12-19)17-8-16-25(22(24)27)21-9-6-5-7-10-21/h5-7,9-14H,3-4,8,15-18H2,1-2H3,(H-,24,27)/p+1. The summed E-state index contributed by atoms with van der Waals surface area (Å²) in [5.74, 6) is 0. The molecule has 0 atom stereocenters. The lowest BCUT2D eigenvalue weighted by molar-refractivity contribution is -0.924. The van der Waals surface area contributed by atoms with Crippen LogP contribution in [0.5, 0.6) is 0 Å². The van der Waals surface area contributed by atoms with Gasteiger partial charge in [0.05, 0.1) is 26.2 Å². The molecule has 0 spiro atoms. The number of quaternary nitrogens is 1. The van der Waals surface area contributed by atoms with E-state index < -0.39 is 6.03 Å². The molecule has 2 N–H and O–H groups in total. The van der Waals surface area contributed by atoms with E-state index in [1.54, 1.807) is 4.90 Å². The Hall–Kier alpha value is -2.04. The third-order valence-corrected chi connectivity index (χ3v) is 5.73. The predicted molar refractivity (Wildman–Crippen MR) is 114 cm³/mol. The van der Waals surface area contributed by atoms with E-state index >= 15 is 0 Å². The Kier molecular flexibility index (Phi) is 8.14. The van der Waals surface area contributed by atoms with Gasteiger partial charge in [0.25, 0.3) is 0 Å². The fourth-order valence-corrected chi connectivity index (χ4v) is 3.65. The second kappa shape index (κ2) is 10.3. The molecule has 0 radical (unpaired) electrons. The Morgan fingerprint density at radius 2 is 1.63 bits per heavy atom. The SMILES string of the molecule is CC[N+](CC)(CCCN(C(N)=O)c1ccccc1)CCc1ccc(Cl)cc1. The first-order valence-electron chi connectivity index (χ1n) is 9.71. The van der Waals surface area contributed by atoms with E-state index in [0.29, 0.717) is 6.54 Å². The molecule has 2 aromatic rings. The molecule has 0 aliphatic carbocycles. The van der Waals surface area contributed by atoms with Crippen LogP contribution in [-0.4, -0.2) is 43.2 Å².